The van der Waals surface area contributed by atoms with Crippen LogP contribution in [0, 0.1) is 17.3 Å². The van der Waals surface area contributed by atoms with Crippen LogP contribution < -0.4 is 0 Å². The van der Waals surface area contributed by atoms with Gasteiger partial charge in [0.25, 0.3) is 0 Å². The Morgan fingerprint density at radius 1 is 1.00 bits per heavy atom. The Kier molecular flexibility index (Phi) is 4.38. The van der Waals surface area contributed by atoms with Crippen molar-refractivity contribution in [2.45, 2.75) is 42.8 Å². The lowest BCUT2D eigenvalue weighted by molar-refractivity contribution is -0.170. The van der Waals surface area contributed by atoms with Crippen molar-refractivity contribution in [3.05, 3.63) is 35.9 Å². The Bertz CT molecular complexity index is 658. The first-order chi connectivity index (χ1) is 12.0. The largest absolute Gasteiger partial charge is 0.462 e. The van der Waals surface area contributed by atoms with Crippen LogP contribution in [0.4, 0.5) is 0 Å². The van der Waals surface area contributed by atoms with Crippen LogP contribution in [0.1, 0.15) is 48.9 Å². The molecule has 0 saturated heterocycles. The first kappa shape index (κ1) is 17.1. The van der Waals surface area contributed by atoms with E-state index < -0.39 is 0 Å². The van der Waals surface area contributed by atoms with Crippen LogP contribution in [0.2, 0.25) is 0 Å². The van der Waals surface area contributed by atoms with Crippen LogP contribution in [0.25, 0.3) is 0 Å². The van der Waals surface area contributed by atoms with E-state index in [1.54, 1.807) is 24.3 Å². The van der Waals surface area contributed by atoms with Crippen molar-refractivity contribution in [3.63, 3.8) is 0 Å². The standard InChI is InChI=1S/C20H23BrO4/c21-20-11-14-8-15(12-20)10-19(9-14,13-20)18(23)25-7-6-24-17(22)16-4-2-1-3-5-16/h1-5,14-15H,6-13H2. The normalized spacial score (nSPS) is 35.4. The molecule has 4 bridgehead atoms. The lowest BCUT2D eigenvalue weighted by Gasteiger charge is -2.58. The van der Waals surface area contributed by atoms with Gasteiger partial charge >= 0.3 is 11.9 Å². The van der Waals surface area contributed by atoms with E-state index in [1.165, 1.54) is 19.3 Å². The lowest BCUT2D eigenvalue weighted by atomic mass is 9.49. The first-order valence-corrected chi connectivity index (χ1v) is 9.86. The number of halogens is 1. The Balaban J connectivity index is 1.29. The third-order valence-electron chi connectivity index (χ3n) is 5.98. The van der Waals surface area contributed by atoms with Crippen LogP contribution in [0.5, 0.6) is 0 Å². The Labute approximate surface area is 156 Å². The maximum Gasteiger partial charge on any atom is 0.338 e. The van der Waals surface area contributed by atoms with Gasteiger partial charge in [-0.2, -0.15) is 0 Å². The van der Waals surface area contributed by atoms with Gasteiger partial charge in [-0.15, -0.1) is 0 Å². The minimum atomic E-state index is -0.383. The second-order valence-corrected chi connectivity index (χ2v) is 9.71. The molecule has 1 aromatic carbocycles. The molecular formula is C20H23BrO4. The average Bonchev–Trinajstić information content (AvgIpc) is 2.57. The molecule has 5 rings (SSSR count). The van der Waals surface area contributed by atoms with Gasteiger partial charge in [0.1, 0.15) is 13.2 Å². The van der Waals surface area contributed by atoms with Crippen LogP contribution in [-0.4, -0.2) is 29.5 Å². The molecule has 2 atom stereocenters. The molecule has 0 aliphatic heterocycles. The van der Waals surface area contributed by atoms with Gasteiger partial charge in [0, 0.05) is 4.32 Å². The summed E-state index contributed by atoms with van der Waals surface area (Å²) >= 11 is 3.91. The van der Waals surface area contributed by atoms with E-state index >= 15 is 0 Å². The molecule has 0 amide bonds. The number of ether oxygens (including phenoxy) is 2. The van der Waals surface area contributed by atoms with Crippen LogP contribution >= 0.6 is 15.9 Å². The third kappa shape index (κ3) is 3.35. The van der Waals surface area contributed by atoms with Crippen LogP contribution in [-0.2, 0) is 14.3 Å². The quantitative estimate of drug-likeness (QED) is 0.419. The zero-order valence-electron chi connectivity index (χ0n) is 14.2. The van der Waals surface area contributed by atoms with Gasteiger partial charge in [-0.05, 0) is 62.5 Å². The van der Waals surface area contributed by atoms with Crippen molar-refractivity contribution < 1.29 is 19.1 Å². The molecule has 134 valence electrons. The number of hydrogen-bond donors (Lipinski definition) is 0. The van der Waals surface area contributed by atoms with E-state index in [1.807, 2.05) is 6.07 Å². The molecule has 4 aliphatic carbocycles. The summed E-state index contributed by atoms with van der Waals surface area (Å²) in [6.45, 7) is 0.228. The minimum Gasteiger partial charge on any atom is -0.462 e. The minimum absolute atomic E-state index is 0.0961. The summed E-state index contributed by atoms with van der Waals surface area (Å²) < 4.78 is 10.8. The number of benzene rings is 1. The van der Waals surface area contributed by atoms with Crippen molar-refractivity contribution in [2.75, 3.05) is 13.2 Å². The number of alkyl halides is 1. The fourth-order valence-corrected chi connectivity index (χ4v) is 6.92. The lowest BCUT2D eigenvalue weighted by Crippen LogP contribution is -2.56. The van der Waals surface area contributed by atoms with Crippen molar-refractivity contribution >= 4 is 27.9 Å². The fourth-order valence-electron chi connectivity index (χ4n) is 5.47. The van der Waals surface area contributed by atoms with Crippen molar-refractivity contribution in [1.82, 2.24) is 0 Å². The topological polar surface area (TPSA) is 52.6 Å². The van der Waals surface area contributed by atoms with Gasteiger partial charge < -0.3 is 9.47 Å². The van der Waals surface area contributed by atoms with E-state index in [2.05, 4.69) is 15.9 Å². The van der Waals surface area contributed by atoms with E-state index in [9.17, 15) is 9.59 Å². The summed E-state index contributed by atoms with van der Waals surface area (Å²) in [5.41, 5.74) is 0.188. The number of esters is 2. The highest BCUT2D eigenvalue weighted by atomic mass is 79.9. The number of carbonyl (C=O) groups excluding carboxylic acids is 2. The molecule has 4 nitrogen and oxygen atoms in total. The summed E-state index contributed by atoms with van der Waals surface area (Å²) in [6.07, 6.45) is 6.44. The summed E-state index contributed by atoms with van der Waals surface area (Å²) in [4.78, 5) is 24.7. The molecule has 4 fully saturated rings. The maximum atomic E-state index is 12.8. The molecular weight excluding hydrogens is 384 g/mol. The highest BCUT2D eigenvalue weighted by Gasteiger charge is 2.60. The summed E-state index contributed by atoms with van der Waals surface area (Å²) in [5.74, 6) is 0.806. The van der Waals surface area contributed by atoms with E-state index in [0.717, 1.165) is 19.3 Å². The number of hydrogen-bond acceptors (Lipinski definition) is 4. The predicted octanol–water partition coefficient (Wildman–Crippen LogP) is 4.12. The Hall–Kier alpha value is -1.36. The van der Waals surface area contributed by atoms with E-state index in [-0.39, 0.29) is 34.9 Å². The highest BCUT2D eigenvalue weighted by Crippen LogP contribution is 2.64. The fraction of sp³-hybridized carbons (Fsp3) is 0.600. The second-order valence-electron chi connectivity index (χ2n) is 8.03. The molecule has 4 aliphatic rings. The summed E-state index contributed by atoms with van der Waals surface area (Å²) in [7, 11) is 0. The molecule has 4 saturated carbocycles. The Morgan fingerprint density at radius 3 is 2.28 bits per heavy atom. The van der Waals surface area contributed by atoms with Gasteiger partial charge in [0.2, 0.25) is 0 Å². The molecule has 0 spiro atoms. The molecule has 5 heteroatoms. The Morgan fingerprint density at radius 2 is 1.64 bits per heavy atom. The summed E-state index contributed by atoms with van der Waals surface area (Å²) in [6, 6.07) is 8.85. The zero-order valence-corrected chi connectivity index (χ0v) is 15.8. The molecule has 1 aromatic rings. The molecule has 25 heavy (non-hydrogen) atoms. The van der Waals surface area contributed by atoms with Gasteiger partial charge in [0.05, 0.1) is 11.0 Å². The van der Waals surface area contributed by atoms with Gasteiger partial charge in [-0.25, -0.2) is 4.79 Å². The third-order valence-corrected chi connectivity index (χ3v) is 6.91. The second kappa shape index (κ2) is 6.42. The first-order valence-electron chi connectivity index (χ1n) is 9.06. The average molecular weight is 407 g/mol. The molecule has 0 radical (unpaired) electrons. The van der Waals surface area contributed by atoms with Crippen LogP contribution in [0.3, 0.4) is 0 Å². The van der Waals surface area contributed by atoms with Gasteiger partial charge in [-0.3, -0.25) is 4.79 Å². The maximum absolute atomic E-state index is 12.8. The van der Waals surface area contributed by atoms with Crippen LogP contribution in [0.15, 0.2) is 30.3 Å². The SMILES string of the molecule is O=C(OCCOC(=O)C12CC3CC(CC(Br)(C3)C1)C2)c1ccccc1. The van der Waals surface area contributed by atoms with Crippen molar-refractivity contribution in [3.8, 4) is 0 Å². The van der Waals surface area contributed by atoms with Crippen molar-refractivity contribution in [1.29, 1.82) is 0 Å². The highest BCUT2D eigenvalue weighted by molar-refractivity contribution is 9.10. The van der Waals surface area contributed by atoms with Crippen molar-refractivity contribution in [2.24, 2.45) is 17.3 Å². The van der Waals surface area contributed by atoms with E-state index in [0.29, 0.717) is 17.4 Å². The zero-order chi connectivity index (χ0) is 17.5. The molecule has 0 aromatic heterocycles. The molecule has 0 N–H and O–H groups in total. The summed E-state index contributed by atoms with van der Waals surface area (Å²) in [5, 5.41) is 0. The predicted molar refractivity (Wildman–Crippen MR) is 96.5 cm³/mol. The number of carbonyl (C=O) groups is 2. The number of rotatable bonds is 5. The molecule has 0 heterocycles. The smallest absolute Gasteiger partial charge is 0.338 e. The van der Waals surface area contributed by atoms with E-state index in [4.69, 9.17) is 9.47 Å². The van der Waals surface area contributed by atoms with Gasteiger partial charge in [0.15, 0.2) is 0 Å². The monoisotopic (exact) mass is 406 g/mol. The molecule has 2 unspecified atom stereocenters. The van der Waals surface area contributed by atoms with Gasteiger partial charge in [-0.1, -0.05) is 34.1 Å².